The van der Waals surface area contributed by atoms with Crippen molar-refractivity contribution in [2.75, 3.05) is 6.54 Å². The number of rotatable bonds is 5. The highest BCUT2D eigenvalue weighted by Crippen LogP contribution is 2.61. The summed E-state index contributed by atoms with van der Waals surface area (Å²) in [6, 6.07) is 0. The Morgan fingerprint density at radius 1 is 1.33 bits per heavy atom. The Morgan fingerprint density at radius 3 is 2.50 bits per heavy atom. The molecule has 2 aliphatic rings. The molecule has 0 aliphatic heterocycles. The van der Waals surface area contributed by atoms with Gasteiger partial charge in [0, 0.05) is 12.5 Å². The molecular weight excluding hydrogens is 240 g/mol. The van der Waals surface area contributed by atoms with Gasteiger partial charge >= 0.3 is 11.9 Å². The molecule has 18 heavy (non-hydrogen) atoms. The molecule has 5 N–H and O–H groups in total. The third kappa shape index (κ3) is 1.94. The van der Waals surface area contributed by atoms with E-state index in [0.29, 0.717) is 12.8 Å². The Kier molecular flexibility index (Phi) is 3.02. The molecule has 0 heterocycles. The fourth-order valence-electron chi connectivity index (χ4n) is 3.06. The summed E-state index contributed by atoms with van der Waals surface area (Å²) in [6.45, 7) is 0.0161. The summed E-state index contributed by atoms with van der Waals surface area (Å²) in [7, 11) is 0. The summed E-state index contributed by atoms with van der Waals surface area (Å²) in [6.07, 6.45) is 0.938. The maximum absolute atomic E-state index is 11.9. The molecule has 0 radical (unpaired) electrons. The number of fused-ring (bicyclic) bond motifs is 1. The molecule has 0 saturated heterocycles. The summed E-state index contributed by atoms with van der Waals surface area (Å²) in [5, 5.41) is 19.9. The van der Waals surface area contributed by atoms with Crippen molar-refractivity contribution in [1.82, 2.24) is 5.32 Å². The van der Waals surface area contributed by atoms with E-state index < -0.39 is 29.3 Å². The first kappa shape index (κ1) is 12.8. The summed E-state index contributed by atoms with van der Waals surface area (Å²) in [5.74, 6) is -3.16. The zero-order valence-electron chi connectivity index (χ0n) is 9.76. The lowest BCUT2D eigenvalue weighted by molar-refractivity contribution is -0.140. The number of amides is 1. The van der Waals surface area contributed by atoms with Gasteiger partial charge in [-0.3, -0.25) is 14.4 Å². The van der Waals surface area contributed by atoms with Gasteiger partial charge in [-0.15, -0.1) is 0 Å². The molecular formula is C11H16N2O5. The van der Waals surface area contributed by atoms with Crippen LogP contribution in [0.2, 0.25) is 0 Å². The largest absolute Gasteiger partial charge is 0.481 e. The summed E-state index contributed by atoms with van der Waals surface area (Å²) >= 11 is 0. The van der Waals surface area contributed by atoms with E-state index in [1.54, 1.807) is 0 Å². The second kappa shape index (κ2) is 4.24. The average molecular weight is 256 g/mol. The van der Waals surface area contributed by atoms with Gasteiger partial charge in [0.2, 0.25) is 5.91 Å². The first-order chi connectivity index (χ1) is 8.38. The van der Waals surface area contributed by atoms with Crippen molar-refractivity contribution >= 4 is 17.8 Å². The predicted molar refractivity (Wildman–Crippen MR) is 59.5 cm³/mol. The van der Waals surface area contributed by atoms with Crippen LogP contribution in [0.3, 0.4) is 0 Å². The highest BCUT2D eigenvalue weighted by Gasteiger charge is 2.69. The minimum Gasteiger partial charge on any atom is -0.481 e. The number of nitrogens with one attached hydrogen (secondary N) is 1. The maximum Gasteiger partial charge on any atom is 0.307 e. The fraction of sp³-hybridized carbons (Fsp3) is 0.727. The van der Waals surface area contributed by atoms with E-state index in [2.05, 4.69) is 5.32 Å². The molecule has 7 heteroatoms. The maximum atomic E-state index is 11.9. The van der Waals surface area contributed by atoms with Gasteiger partial charge in [-0.2, -0.15) is 0 Å². The Bertz CT molecular complexity index is 410. The fourth-order valence-corrected chi connectivity index (χ4v) is 3.06. The summed E-state index contributed by atoms with van der Waals surface area (Å²) < 4.78 is 0. The molecule has 0 aromatic carbocycles. The second-order valence-electron chi connectivity index (χ2n) is 5.03. The topological polar surface area (TPSA) is 130 Å². The van der Waals surface area contributed by atoms with Crippen LogP contribution >= 0.6 is 0 Å². The first-order valence-electron chi connectivity index (χ1n) is 5.89. The van der Waals surface area contributed by atoms with Crippen LogP contribution in [0.15, 0.2) is 0 Å². The lowest BCUT2D eigenvalue weighted by atomic mass is 9.90. The molecule has 2 saturated carbocycles. The van der Waals surface area contributed by atoms with E-state index in [9.17, 15) is 14.4 Å². The van der Waals surface area contributed by atoms with Crippen molar-refractivity contribution in [3.63, 3.8) is 0 Å². The van der Waals surface area contributed by atoms with Gasteiger partial charge in [0.25, 0.3) is 0 Å². The van der Waals surface area contributed by atoms with Crippen LogP contribution in [0, 0.1) is 17.8 Å². The van der Waals surface area contributed by atoms with Crippen molar-refractivity contribution in [3.8, 4) is 0 Å². The normalized spacial score (nSPS) is 36.8. The molecule has 1 amide bonds. The monoisotopic (exact) mass is 256 g/mol. The highest BCUT2D eigenvalue weighted by molar-refractivity contribution is 5.90. The number of aliphatic carboxylic acids is 2. The molecule has 2 aliphatic carbocycles. The number of hydrogen-bond donors (Lipinski definition) is 4. The van der Waals surface area contributed by atoms with E-state index in [1.807, 2.05) is 0 Å². The molecule has 0 aromatic heterocycles. The molecule has 0 spiro atoms. The number of carbonyl (C=O) groups is 3. The molecule has 0 unspecified atom stereocenters. The molecule has 2 fully saturated rings. The third-order valence-corrected chi connectivity index (χ3v) is 3.99. The highest BCUT2D eigenvalue weighted by atomic mass is 16.4. The standard InChI is InChI=1S/C11H16N2O5/c12-11(10(18)13-4-2-6(14)15)3-1-5-7(8(5)11)9(16)17/h5,7-8H,1-4,12H2,(H,13,18)(H,14,15)(H,16,17)/t5-,7-,8-,11-/m0/s1. The van der Waals surface area contributed by atoms with E-state index in [0.717, 1.165) is 0 Å². The van der Waals surface area contributed by atoms with Gasteiger partial charge < -0.3 is 21.3 Å². The quantitative estimate of drug-likeness (QED) is 0.500. The van der Waals surface area contributed by atoms with Crippen molar-refractivity contribution in [2.45, 2.75) is 24.8 Å². The van der Waals surface area contributed by atoms with Crippen molar-refractivity contribution in [3.05, 3.63) is 0 Å². The van der Waals surface area contributed by atoms with Crippen LogP contribution in [-0.4, -0.2) is 40.1 Å². The van der Waals surface area contributed by atoms with Crippen LogP contribution in [0.5, 0.6) is 0 Å². The second-order valence-corrected chi connectivity index (χ2v) is 5.03. The average Bonchev–Trinajstić information content (AvgIpc) is 2.92. The van der Waals surface area contributed by atoms with Gasteiger partial charge in [-0.25, -0.2) is 0 Å². The molecule has 2 rings (SSSR count). The van der Waals surface area contributed by atoms with Crippen molar-refractivity contribution in [2.24, 2.45) is 23.5 Å². The Balaban J connectivity index is 1.93. The smallest absolute Gasteiger partial charge is 0.307 e. The van der Waals surface area contributed by atoms with Crippen molar-refractivity contribution < 1.29 is 24.6 Å². The Labute approximate surface area is 103 Å². The lowest BCUT2D eigenvalue weighted by Gasteiger charge is -2.25. The van der Waals surface area contributed by atoms with Crippen LogP contribution in [0.4, 0.5) is 0 Å². The summed E-state index contributed by atoms with van der Waals surface area (Å²) in [4.78, 5) is 33.2. The SMILES string of the molecule is N[C@@]1(C(=O)NCCC(=O)O)CC[C@H]2[C@H](C(=O)O)[C@H]21. The molecule has 100 valence electrons. The van der Waals surface area contributed by atoms with Gasteiger partial charge in [0.15, 0.2) is 0 Å². The van der Waals surface area contributed by atoms with Gasteiger partial charge in [-0.05, 0) is 18.8 Å². The zero-order chi connectivity index (χ0) is 13.5. The summed E-state index contributed by atoms with van der Waals surface area (Å²) in [5.41, 5.74) is 4.86. The molecule has 0 bridgehead atoms. The number of carboxylic acid groups (broad SMARTS) is 2. The van der Waals surface area contributed by atoms with Crippen LogP contribution in [0.25, 0.3) is 0 Å². The first-order valence-corrected chi connectivity index (χ1v) is 5.89. The number of hydrogen-bond acceptors (Lipinski definition) is 4. The van der Waals surface area contributed by atoms with Crippen LogP contribution in [0.1, 0.15) is 19.3 Å². The van der Waals surface area contributed by atoms with Crippen molar-refractivity contribution in [1.29, 1.82) is 0 Å². The number of nitrogens with two attached hydrogens (primary N) is 1. The van der Waals surface area contributed by atoms with E-state index in [4.69, 9.17) is 15.9 Å². The van der Waals surface area contributed by atoms with E-state index in [1.165, 1.54) is 0 Å². The Hall–Kier alpha value is -1.63. The molecule has 0 aromatic rings. The molecule has 7 nitrogen and oxygen atoms in total. The minimum atomic E-state index is -1.15. The number of carbonyl (C=O) groups excluding carboxylic acids is 1. The number of carboxylic acids is 2. The third-order valence-electron chi connectivity index (χ3n) is 3.99. The Morgan fingerprint density at radius 2 is 2.00 bits per heavy atom. The van der Waals surface area contributed by atoms with Gasteiger partial charge in [0.05, 0.1) is 17.9 Å². The van der Waals surface area contributed by atoms with Crippen LogP contribution < -0.4 is 11.1 Å². The minimum absolute atomic E-state index is 0.00211. The molecule has 4 atom stereocenters. The van der Waals surface area contributed by atoms with E-state index >= 15 is 0 Å². The van der Waals surface area contributed by atoms with Crippen LogP contribution in [-0.2, 0) is 14.4 Å². The zero-order valence-corrected chi connectivity index (χ0v) is 9.76. The van der Waals surface area contributed by atoms with E-state index in [-0.39, 0.29) is 24.8 Å². The van der Waals surface area contributed by atoms with Gasteiger partial charge in [-0.1, -0.05) is 0 Å². The lowest BCUT2D eigenvalue weighted by Crippen LogP contribution is -2.55. The van der Waals surface area contributed by atoms with Gasteiger partial charge in [0.1, 0.15) is 0 Å². The predicted octanol–water partition coefficient (Wildman–Crippen LogP) is -0.985.